The molecule has 0 aliphatic carbocycles. The topological polar surface area (TPSA) is 58.6 Å². The number of nitrogens with one attached hydrogen (secondary N) is 1. The van der Waals surface area contributed by atoms with Gasteiger partial charge in [0.25, 0.3) is 5.91 Å². The smallest absolute Gasteiger partial charge is 0.252 e. The Morgan fingerprint density at radius 3 is 2.68 bits per heavy atom. The Hall–Kier alpha value is -1.07. The van der Waals surface area contributed by atoms with E-state index in [2.05, 4.69) is 21.2 Å². The van der Waals surface area contributed by atoms with Crippen molar-refractivity contribution >= 4 is 21.8 Å². The molecule has 1 aromatic carbocycles. The van der Waals surface area contributed by atoms with Gasteiger partial charge in [-0.3, -0.25) is 4.79 Å². The third-order valence-corrected chi connectivity index (χ3v) is 3.43. The van der Waals surface area contributed by atoms with Crippen LogP contribution in [-0.2, 0) is 0 Å². The van der Waals surface area contributed by atoms with Gasteiger partial charge in [0.05, 0.1) is 18.8 Å². The maximum atomic E-state index is 12.0. The molecule has 4 nitrogen and oxygen atoms in total. The zero-order valence-corrected chi connectivity index (χ0v) is 13.0. The third-order valence-electron chi connectivity index (χ3n) is 2.78. The van der Waals surface area contributed by atoms with Gasteiger partial charge >= 0.3 is 0 Å². The van der Waals surface area contributed by atoms with Gasteiger partial charge in [0.2, 0.25) is 0 Å². The van der Waals surface area contributed by atoms with Crippen molar-refractivity contribution in [2.75, 3.05) is 13.7 Å². The Balaban J connectivity index is 2.58. The van der Waals surface area contributed by atoms with E-state index in [0.717, 1.165) is 0 Å². The summed E-state index contributed by atoms with van der Waals surface area (Å²) in [6.07, 6.45) is 0.323. The summed E-state index contributed by atoms with van der Waals surface area (Å²) in [6.45, 7) is 4.29. The van der Waals surface area contributed by atoms with Crippen LogP contribution in [0, 0.1) is 5.92 Å². The average molecular weight is 330 g/mol. The molecule has 0 radical (unpaired) electrons. The molecule has 0 spiro atoms. The summed E-state index contributed by atoms with van der Waals surface area (Å²) in [5, 5.41) is 12.1. The Bertz CT molecular complexity index is 435. The van der Waals surface area contributed by atoms with E-state index in [1.54, 1.807) is 32.2 Å². The van der Waals surface area contributed by atoms with Gasteiger partial charge in [0, 0.05) is 11.0 Å². The number of halogens is 1. The second kappa shape index (κ2) is 7.50. The summed E-state index contributed by atoms with van der Waals surface area (Å²) >= 11 is 3.36. The first-order valence-electron chi connectivity index (χ1n) is 6.23. The second-order valence-electron chi connectivity index (χ2n) is 4.75. The molecule has 0 aliphatic rings. The summed E-state index contributed by atoms with van der Waals surface area (Å²) in [5.41, 5.74) is 0.574. The minimum Gasteiger partial charge on any atom is -0.497 e. The largest absolute Gasteiger partial charge is 0.497 e. The maximum absolute atomic E-state index is 12.0. The van der Waals surface area contributed by atoms with Gasteiger partial charge in [-0.05, 0) is 53.4 Å². The number of methoxy groups -OCH3 is 1. The molecular formula is C14H20BrNO3. The number of benzene rings is 1. The lowest BCUT2D eigenvalue weighted by atomic mass is 10.0. The van der Waals surface area contributed by atoms with Crippen molar-refractivity contribution in [3.05, 3.63) is 28.2 Å². The number of rotatable bonds is 6. The van der Waals surface area contributed by atoms with Crippen LogP contribution >= 0.6 is 15.9 Å². The molecule has 0 fully saturated rings. The standard InChI is InChI=1S/C14H20BrNO3/c1-9(6-10(2)17)8-16-14(18)12-5-4-11(19-3)7-13(12)15/h4-5,7,9-10,17H,6,8H2,1-3H3,(H,16,18). The molecule has 0 heterocycles. The fourth-order valence-electron chi connectivity index (χ4n) is 1.83. The van der Waals surface area contributed by atoms with E-state index in [1.807, 2.05) is 6.92 Å². The highest BCUT2D eigenvalue weighted by Crippen LogP contribution is 2.22. The number of amides is 1. The van der Waals surface area contributed by atoms with Crippen LogP contribution in [0.25, 0.3) is 0 Å². The van der Waals surface area contributed by atoms with Gasteiger partial charge in [-0.25, -0.2) is 0 Å². The SMILES string of the molecule is COc1ccc(C(=O)NCC(C)CC(C)O)c(Br)c1. The predicted molar refractivity (Wildman–Crippen MR) is 78.5 cm³/mol. The maximum Gasteiger partial charge on any atom is 0.252 e. The van der Waals surface area contributed by atoms with Crippen LogP contribution < -0.4 is 10.1 Å². The molecule has 0 saturated carbocycles. The van der Waals surface area contributed by atoms with Crippen molar-refractivity contribution in [1.29, 1.82) is 0 Å². The molecule has 1 aromatic rings. The minimum absolute atomic E-state index is 0.132. The number of hydrogen-bond acceptors (Lipinski definition) is 3. The average Bonchev–Trinajstić information content (AvgIpc) is 2.35. The van der Waals surface area contributed by atoms with Crippen molar-refractivity contribution < 1.29 is 14.6 Å². The van der Waals surface area contributed by atoms with Crippen LogP contribution in [0.2, 0.25) is 0 Å². The van der Waals surface area contributed by atoms with Crippen molar-refractivity contribution in [3.63, 3.8) is 0 Å². The first kappa shape index (κ1) is 16.0. The van der Waals surface area contributed by atoms with Crippen LogP contribution in [0.1, 0.15) is 30.6 Å². The lowest BCUT2D eigenvalue weighted by Crippen LogP contribution is -2.29. The number of ether oxygens (including phenoxy) is 1. The van der Waals surface area contributed by atoms with Gasteiger partial charge < -0.3 is 15.2 Å². The molecule has 1 rings (SSSR count). The molecule has 106 valence electrons. The van der Waals surface area contributed by atoms with Gasteiger partial charge in [-0.15, -0.1) is 0 Å². The van der Waals surface area contributed by atoms with Gasteiger partial charge in [0.1, 0.15) is 5.75 Å². The summed E-state index contributed by atoms with van der Waals surface area (Å²) in [7, 11) is 1.58. The van der Waals surface area contributed by atoms with Crippen LogP contribution in [0.5, 0.6) is 5.75 Å². The quantitative estimate of drug-likeness (QED) is 0.843. The van der Waals surface area contributed by atoms with E-state index < -0.39 is 0 Å². The number of hydrogen-bond donors (Lipinski definition) is 2. The number of aliphatic hydroxyl groups excluding tert-OH is 1. The number of carbonyl (C=O) groups is 1. The second-order valence-corrected chi connectivity index (χ2v) is 5.60. The fourth-order valence-corrected chi connectivity index (χ4v) is 2.37. The van der Waals surface area contributed by atoms with E-state index in [9.17, 15) is 9.90 Å². The molecule has 19 heavy (non-hydrogen) atoms. The molecule has 0 saturated heterocycles. The monoisotopic (exact) mass is 329 g/mol. The Labute approximate surface area is 122 Å². The molecule has 2 atom stereocenters. The molecule has 2 unspecified atom stereocenters. The van der Waals surface area contributed by atoms with Gasteiger partial charge in [-0.1, -0.05) is 6.92 Å². The van der Waals surface area contributed by atoms with E-state index in [4.69, 9.17) is 4.74 Å². The predicted octanol–water partition coefficient (Wildman–Crippen LogP) is 2.59. The van der Waals surface area contributed by atoms with Crippen molar-refractivity contribution in [2.45, 2.75) is 26.4 Å². The van der Waals surface area contributed by atoms with Crippen LogP contribution in [0.15, 0.2) is 22.7 Å². The highest BCUT2D eigenvalue weighted by Gasteiger charge is 2.12. The Morgan fingerprint density at radius 1 is 1.47 bits per heavy atom. The number of aliphatic hydroxyl groups is 1. The van der Waals surface area contributed by atoms with E-state index in [-0.39, 0.29) is 17.9 Å². The highest BCUT2D eigenvalue weighted by molar-refractivity contribution is 9.10. The fraction of sp³-hybridized carbons (Fsp3) is 0.500. The summed E-state index contributed by atoms with van der Waals surface area (Å²) in [5.74, 6) is 0.804. The van der Waals surface area contributed by atoms with Crippen LogP contribution in [0.4, 0.5) is 0 Å². The lowest BCUT2D eigenvalue weighted by molar-refractivity contribution is 0.0938. The molecule has 0 aliphatic heterocycles. The number of carbonyl (C=O) groups excluding carboxylic acids is 1. The minimum atomic E-state index is -0.348. The van der Waals surface area contributed by atoms with Crippen molar-refractivity contribution in [2.24, 2.45) is 5.92 Å². The van der Waals surface area contributed by atoms with E-state index >= 15 is 0 Å². The molecular weight excluding hydrogens is 310 g/mol. The summed E-state index contributed by atoms with van der Waals surface area (Å²) < 4.78 is 5.78. The normalized spacial score (nSPS) is 13.7. The van der Waals surface area contributed by atoms with Crippen LogP contribution in [0.3, 0.4) is 0 Å². The molecule has 2 N–H and O–H groups in total. The van der Waals surface area contributed by atoms with Gasteiger partial charge in [0.15, 0.2) is 0 Å². The zero-order valence-electron chi connectivity index (χ0n) is 11.4. The molecule has 1 amide bonds. The van der Waals surface area contributed by atoms with Crippen molar-refractivity contribution in [3.8, 4) is 5.75 Å². The van der Waals surface area contributed by atoms with E-state index in [1.165, 1.54) is 0 Å². The Kier molecular flexibility index (Phi) is 6.31. The first-order chi connectivity index (χ1) is 8.93. The van der Waals surface area contributed by atoms with E-state index in [0.29, 0.717) is 28.8 Å². The molecule has 0 bridgehead atoms. The van der Waals surface area contributed by atoms with Gasteiger partial charge in [-0.2, -0.15) is 0 Å². The first-order valence-corrected chi connectivity index (χ1v) is 7.03. The highest BCUT2D eigenvalue weighted by atomic mass is 79.9. The molecule has 0 aromatic heterocycles. The summed E-state index contributed by atoms with van der Waals surface area (Å²) in [6, 6.07) is 5.23. The zero-order chi connectivity index (χ0) is 14.4. The lowest BCUT2D eigenvalue weighted by Gasteiger charge is -2.14. The molecule has 5 heteroatoms. The van der Waals surface area contributed by atoms with Crippen LogP contribution in [-0.4, -0.2) is 30.8 Å². The third kappa shape index (κ3) is 5.20. The summed E-state index contributed by atoms with van der Waals surface area (Å²) in [4.78, 5) is 12.0. The van der Waals surface area contributed by atoms with Crippen molar-refractivity contribution in [1.82, 2.24) is 5.32 Å². The Morgan fingerprint density at radius 2 is 2.16 bits per heavy atom.